The fraction of sp³-hybridized carbons (Fsp3) is 1.00. The molecule has 3 heterocycles. The number of rotatable bonds is 0. The summed E-state index contributed by atoms with van der Waals surface area (Å²) in [4.78, 5) is 2.61. The van der Waals surface area contributed by atoms with Gasteiger partial charge in [-0.2, -0.15) is 0 Å². The molecule has 3 nitrogen and oxygen atoms in total. The highest BCUT2D eigenvalue weighted by molar-refractivity contribution is 5.04. The molecular weight excluding hydrogens is 212 g/mol. The SMILES string of the molecule is CC(C)(C)N1CCOC2(CC3CCC(C2)N3)C1. The van der Waals surface area contributed by atoms with E-state index in [1.807, 2.05) is 0 Å². The van der Waals surface area contributed by atoms with Crippen LogP contribution < -0.4 is 5.32 Å². The molecule has 3 fully saturated rings. The van der Waals surface area contributed by atoms with Gasteiger partial charge in [-0.3, -0.25) is 4.90 Å². The minimum absolute atomic E-state index is 0.155. The molecule has 0 saturated carbocycles. The first-order valence-electron chi connectivity index (χ1n) is 7.12. The lowest BCUT2D eigenvalue weighted by atomic mass is 9.84. The van der Waals surface area contributed by atoms with E-state index in [1.54, 1.807) is 0 Å². The van der Waals surface area contributed by atoms with Gasteiger partial charge in [-0.25, -0.2) is 0 Å². The normalized spacial score (nSPS) is 43.2. The lowest BCUT2D eigenvalue weighted by Crippen LogP contribution is -2.62. The molecule has 2 unspecified atom stereocenters. The van der Waals surface area contributed by atoms with Crippen molar-refractivity contribution in [1.82, 2.24) is 10.2 Å². The molecule has 98 valence electrons. The van der Waals surface area contributed by atoms with Crippen LogP contribution in [0, 0.1) is 0 Å². The number of morpholine rings is 1. The van der Waals surface area contributed by atoms with Crippen molar-refractivity contribution in [3.8, 4) is 0 Å². The van der Waals surface area contributed by atoms with Crippen LogP contribution in [-0.4, -0.2) is 47.8 Å². The smallest absolute Gasteiger partial charge is 0.0839 e. The van der Waals surface area contributed by atoms with Gasteiger partial charge in [0, 0.05) is 30.7 Å². The van der Waals surface area contributed by atoms with Gasteiger partial charge in [-0.1, -0.05) is 0 Å². The van der Waals surface area contributed by atoms with E-state index < -0.39 is 0 Å². The first-order chi connectivity index (χ1) is 7.97. The van der Waals surface area contributed by atoms with Crippen LogP contribution in [0.1, 0.15) is 46.5 Å². The number of fused-ring (bicyclic) bond motifs is 2. The zero-order valence-electron chi connectivity index (χ0n) is 11.5. The molecule has 3 aliphatic rings. The second-order valence-electron chi connectivity index (χ2n) is 7.17. The van der Waals surface area contributed by atoms with Crippen LogP contribution >= 0.6 is 0 Å². The van der Waals surface area contributed by atoms with Crippen LogP contribution in [0.25, 0.3) is 0 Å². The molecule has 0 radical (unpaired) electrons. The predicted molar refractivity (Wildman–Crippen MR) is 69.2 cm³/mol. The van der Waals surface area contributed by atoms with E-state index in [2.05, 4.69) is 31.0 Å². The number of nitrogens with one attached hydrogen (secondary N) is 1. The highest BCUT2D eigenvalue weighted by Crippen LogP contribution is 2.39. The molecule has 3 saturated heterocycles. The molecule has 2 bridgehead atoms. The second-order valence-corrected chi connectivity index (χ2v) is 7.17. The average Bonchev–Trinajstić information content (AvgIpc) is 2.58. The third-order valence-corrected chi connectivity index (χ3v) is 4.77. The zero-order valence-corrected chi connectivity index (χ0v) is 11.5. The number of piperidine rings is 1. The Kier molecular flexibility index (Phi) is 2.77. The molecule has 3 heteroatoms. The minimum Gasteiger partial charge on any atom is -0.372 e. The highest BCUT2D eigenvalue weighted by Gasteiger charge is 2.48. The van der Waals surface area contributed by atoms with Gasteiger partial charge in [0.1, 0.15) is 0 Å². The molecule has 0 aromatic carbocycles. The standard InChI is InChI=1S/C14H26N2O/c1-13(2,3)16-6-7-17-14(10-16)8-11-4-5-12(9-14)15-11/h11-12,15H,4-10H2,1-3H3. The number of ether oxygens (including phenoxy) is 1. The highest BCUT2D eigenvalue weighted by atomic mass is 16.5. The number of hydrogen-bond donors (Lipinski definition) is 1. The summed E-state index contributed by atoms with van der Waals surface area (Å²) in [6, 6.07) is 1.43. The molecule has 3 aliphatic heterocycles. The average molecular weight is 238 g/mol. The van der Waals surface area contributed by atoms with Crippen molar-refractivity contribution in [3.05, 3.63) is 0 Å². The Morgan fingerprint density at radius 1 is 1.18 bits per heavy atom. The van der Waals surface area contributed by atoms with Crippen molar-refractivity contribution in [2.24, 2.45) is 0 Å². The van der Waals surface area contributed by atoms with E-state index in [-0.39, 0.29) is 11.1 Å². The predicted octanol–water partition coefficient (Wildman–Crippen LogP) is 1.77. The minimum atomic E-state index is 0.155. The summed E-state index contributed by atoms with van der Waals surface area (Å²) in [6.45, 7) is 10.1. The molecule has 0 aliphatic carbocycles. The molecule has 17 heavy (non-hydrogen) atoms. The van der Waals surface area contributed by atoms with Crippen LogP contribution in [0.4, 0.5) is 0 Å². The maximum Gasteiger partial charge on any atom is 0.0839 e. The van der Waals surface area contributed by atoms with Crippen LogP contribution in [0.5, 0.6) is 0 Å². The fourth-order valence-electron chi connectivity index (χ4n) is 3.87. The third kappa shape index (κ3) is 2.25. The Bertz CT molecular complexity index is 285. The largest absolute Gasteiger partial charge is 0.372 e. The summed E-state index contributed by atoms with van der Waals surface area (Å²) < 4.78 is 6.23. The molecular formula is C14H26N2O. The maximum atomic E-state index is 6.23. The monoisotopic (exact) mass is 238 g/mol. The van der Waals surface area contributed by atoms with Crippen molar-refractivity contribution >= 4 is 0 Å². The van der Waals surface area contributed by atoms with Gasteiger partial charge in [0.15, 0.2) is 0 Å². The zero-order chi connectivity index (χ0) is 12.1. The summed E-state index contributed by atoms with van der Waals surface area (Å²) in [5.41, 5.74) is 0.434. The van der Waals surface area contributed by atoms with Gasteiger partial charge < -0.3 is 10.1 Å². The summed E-state index contributed by atoms with van der Waals surface area (Å²) in [5, 5.41) is 3.72. The van der Waals surface area contributed by atoms with E-state index in [0.29, 0.717) is 12.1 Å². The first kappa shape index (κ1) is 11.9. The van der Waals surface area contributed by atoms with Crippen molar-refractivity contribution in [2.45, 2.75) is 69.7 Å². The van der Waals surface area contributed by atoms with E-state index in [0.717, 1.165) is 19.7 Å². The topological polar surface area (TPSA) is 24.5 Å². The van der Waals surface area contributed by atoms with Crippen molar-refractivity contribution < 1.29 is 4.74 Å². The van der Waals surface area contributed by atoms with Crippen LogP contribution in [0.3, 0.4) is 0 Å². The van der Waals surface area contributed by atoms with Crippen molar-refractivity contribution in [3.63, 3.8) is 0 Å². The molecule has 0 amide bonds. The van der Waals surface area contributed by atoms with E-state index in [4.69, 9.17) is 4.74 Å². The quantitative estimate of drug-likeness (QED) is 0.696. The van der Waals surface area contributed by atoms with Crippen molar-refractivity contribution in [1.29, 1.82) is 0 Å². The lowest BCUT2D eigenvalue weighted by Gasteiger charge is -2.51. The Morgan fingerprint density at radius 2 is 1.82 bits per heavy atom. The summed E-state index contributed by atoms with van der Waals surface area (Å²) in [6.07, 6.45) is 5.14. The van der Waals surface area contributed by atoms with Gasteiger partial charge in [0.25, 0.3) is 0 Å². The Balaban J connectivity index is 1.74. The summed E-state index contributed by atoms with van der Waals surface area (Å²) in [5.74, 6) is 0. The maximum absolute atomic E-state index is 6.23. The van der Waals surface area contributed by atoms with E-state index >= 15 is 0 Å². The Morgan fingerprint density at radius 3 is 2.41 bits per heavy atom. The molecule has 3 rings (SSSR count). The van der Waals surface area contributed by atoms with E-state index in [1.165, 1.54) is 25.7 Å². The van der Waals surface area contributed by atoms with Crippen molar-refractivity contribution in [2.75, 3.05) is 19.7 Å². The molecule has 0 aromatic heterocycles. The van der Waals surface area contributed by atoms with Crippen LogP contribution in [0.15, 0.2) is 0 Å². The Hall–Kier alpha value is -0.120. The third-order valence-electron chi connectivity index (χ3n) is 4.77. The Labute approximate surface area is 105 Å². The molecule has 2 atom stereocenters. The van der Waals surface area contributed by atoms with Gasteiger partial charge in [0.05, 0.1) is 12.2 Å². The first-order valence-corrected chi connectivity index (χ1v) is 7.12. The van der Waals surface area contributed by atoms with Gasteiger partial charge in [-0.05, 0) is 46.5 Å². The van der Waals surface area contributed by atoms with Gasteiger partial charge >= 0.3 is 0 Å². The lowest BCUT2D eigenvalue weighted by molar-refractivity contribution is -0.147. The molecule has 0 aromatic rings. The fourth-order valence-corrected chi connectivity index (χ4v) is 3.87. The van der Waals surface area contributed by atoms with E-state index in [9.17, 15) is 0 Å². The van der Waals surface area contributed by atoms with Gasteiger partial charge in [0.2, 0.25) is 0 Å². The molecule has 1 N–H and O–H groups in total. The van der Waals surface area contributed by atoms with Gasteiger partial charge in [-0.15, -0.1) is 0 Å². The molecule has 1 spiro atoms. The number of nitrogens with zero attached hydrogens (tertiary/aromatic N) is 1. The summed E-state index contributed by atoms with van der Waals surface area (Å²) in [7, 11) is 0. The number of hydrogen-bond acceptors (Lipinski definition) is 3. The summed E-state index contributed by atoms with van der Waals surface area (Å²) >= 11 is 0. The van der Waals surface area contributed by atoms with Crippen LogP contribution in [0.2, 0.25) is 0 Å². The van der Waals surface area contributed by atoms with Crippen LogP contribution in [-0.2, 0) is 4.74 Å². The second kappa shape index (κ2) is 3.94.